The highest BCUT2D eigenvalue weighted by atomic mass is 16.3. The summed E-state index contributed by atoms with van der Waals surface area (Å²) in [6, 6.07) is 14.0. The van der Waals surface area contributed by atoms with Crippen molar-refractivity contribution >= 4 is 23.1 Å². The lowest BCUT2D eigenvalue weighted by Crippen LogP contribution is -2.24. The molecular formula is C19H18N2O3. The molecule has 5 heteroatoms. The molecule has 0 amide bonds. The van der Waals surface area contributed by atoms with Crippen LogP contribution < -0.4 is 5.56 Å². The van der Waals surface area contributed by atoms with Gasteiger partial charge in [-0.3, -0.25) is 9.36 Å². The topological polar surface area (TPSA) is 75.3 Å². The van der Waals surface area contributed by atoms with Crippen LogP contribution in [-0.4, -0.2) is 26.4 Å². The Morgan fingerprint density at radius 3 is 2.54 bits per heavy atom. The summed E-state index contributed by atoms with van der Waals surface area (Å²) in [6.45, 7) is 0.419. The number of fused-ring (bicyclic) bond motifs is 1. The largest absolute Gasteiger partial charge is 0.508 e. The molecule has 24 heavy (non-hydrogen) atoms. The van der Waals surface area contributed by atoms with Crippen LogP contribution in [-0.2, 0) is 6.54 Å². The minimum atomic E-state index is -0.112. The summed E-state index contributed by atoms with van der Waals surface area (Å²) in [5, 5.41) is 19.0. The Morgan fingerprint density at radius 1 is 1.04 bits per heavy atom. The first kappa shape index (κ1) is 16.0. The zero-order valence-electron chi connectivity index (χ0n) is 13.1. The predicted molar refractivity (Wildman–Crippen MR) is 94.7 cm³/mol. The van der Waals surface area contributed by atoms with Crippen LogP contribution in [0.25, 0.3) is 23.1 Å². The Hall–Kier alpha value is -2.92. The molecular weight excluding hydrogens is 304 g/mol. The van der Waals surface area contributed by atoms with E-state index in [1.807, 2.05) is 24.3 Å². The zero-order chi connectivity index (χ0) is 16.9. The maximum Gasteiger partial charge on any atom is 0.261 e. The SMILES string of the molecule is O=c1c2ccccc2nc(/C=C/c2ccc(O)cc2)n1CCCO. The maximum atomic E-state index is 12.7. The van der Waals surface area contributed by atoms with Crippen molar-refractivity contribution in [2.24, 2.45) is 0 Å². The van der Waals surface area contributed by atoms with Gasteiger partial charge in [0.1, 0.15) is 11.6 Å². The molecule has 0 aliphatic rings. The first-order valence-corrected chi connectivity index (χ1v) is 7.76. The van der Waals surface area contributed by atoms with E-state index >= 15 is 0 Å². The number of aliphatic hydroxyl groups excluding tert-OH is 1. The number of aromatic hydroxyl groups is 1. The molecule has 0 spiro atoms. The third-order valence-corrected chi connectivity index (χ3v) is 3.75. The number of aliphatic hydroxyl groups is 1. The molecule has 3 aromatic rings. The summed E-state index contributed by atoms with van der Waals surface area (Å²) in [5.74, 6) is 0.746. The fourth-order valence-corrected chi connectivity index (χ4v) is 2.51. The van der Waals surface area contributed by atoms with E-state index in [4.69, 9.17) is 5.11 Å². The number of aromatic nitrogens is 2. The van der Waals surface area contributed by atoms with Crippen molar-refractivity contribution in [1.82, 2.24) is 9.55 Å². The molecule has 2 N–H and O–H groups in total. The molecule has 0 saturated heterocycles. The van der Waals surface area contributed by atoms with Crippen LogP contribution in [0.15, 0.2) is 53.3 Å². The minimum Gasteiger partial charge on any atom is -0.508 e. The molecule has 5 nitrogen and oxygen atoms in total. The highest BCUT2D eigenvalue weighted by Crippen LogP contribution is 2.14. The van der Waals surface area contributed by atoms with E-state index in [1.165, 1.54) is 0 Å². The van der Waals surface area contributed by atoms with Crippen molar-refractivity contribution in [3.8, 4) is 5.75 Å². The third-order valence-electron chi connectivity index (χ3n) is 3.75. The van der Waals surface area contributed by atoms with E-state index in [1.54, 1.807) is 41.0 Å². The van der Waals surface area contributed by atoms with Gasteiger partial charge < -0.3 is 10.2 Å². The van der Waals surface area contributed by atoms with Gasteiger partial charge in [0.05, 0.1) is 10.9 Å². The summed E-state index contributed by atoms with van der Waals surface area (Å²) >= 11 is 0. The average Bonchev–Trinajstić information content (AvgIpc) is 2.61. The van der Waals surface area contributed by atoms with Gasteiger partial charge in [0.15, 0.2) is 0 Å². The summed E-state index contributed by atoms with van der Waals surface area (Å²) in [7, 11) is 0. The van der Waals surface area contributed by atoms with Crippen LogP contribution in [0.5, 0.6) is 5.75 Å². The second-order valence-electron chi connectivity index (χ2n) is 5.45. The molecule has 0 bridgehead atoms. The fraction of sp³-hybridized carbons (Fsp3) is 0.158. The summed E-state index contributed by atoms with van der Waals surface area (Å²) in [4.78, 5) is 17.3. The summed E-state index contributed by atoms with van der Waals surface area (Å²) in [5.41, 5.74) is 1.43. The Balaban J connectivity index is 2.07. The highest BCUT2D eigenvalue weighted by Gasteiger charge is 2.08. The standard InChI is InChI=1S/C19H18N2O3/c22-13-3-12-21-18(11-8-14-6-9-15(23)10-7-14)20-17-5-2-1-4-16(17)19(21)24/h1-2,4-11,22-23H,3,12-13H2/b11-8+. The minimum absolute atomic E-state index is 0.0143. The van der Waals surface area contributed by atoms with Crippen molar-refractivity contribution in [2.75, 3.05) is 6.61 Å². The van der Waals surface area contributed by atoms with Crippen molar-refractivity contribution in [3.05, 3.63) is 70.3 Å². The van der Waals surface area contributed by atoms with Crippen molar-refractivity contribution < 1.29 is 10.2 Å². The lowest BCUT2D eigenvalue weighted by atomic mass is 10.2. The molecule has 0 aliphatic carbocycles. The second-order valence-corrected chi connectivity index (χ2v) is 5.45. The summed E-state index contributed by atoms with van der Waals surface area (Å²) in [6.07, 6.45) is 4.10. The van der Waals surface area contributed by atoms with Gasteiger partial charge in [0.25, 0.3) is 5.56 Å². The van der Waals surface area contributed by atoms with Crippen molar-refractivity contribution in [1.29, 1.82) is 0 Å². The van der Waals surface area contributed by atoms with Gasteiger partial charge in [-0.05, 0) is 42.3 Å². The number of benzene rings is 2. The average molecular weight is 322 g/mol. The highest BCUT2D eigenvalue weighted by molar-refractivity contribution is 5.79. The van der Waals surface area contributed by atoms with Gasteiger partial charge in [-0.2, -0.15) is 0 Å². The van der Waals surface area contributed by atoms with E-state index in [2.05, 4.69) is 4.98 Å². The molecule has 0 saturated carbocycles. The van der Waals surface area contributed by atoms with E-state index in [0.29, 0.717) is 29.7 Å². The normalized spacial score (nSPS) is 11.4. The molecule has 122 valence electrons. The van der Waals surface area contributed by atoms with Crippen molar-refractivity contribution in [3.63, 3.8) is 0 Å². The predicted octanol–water partition coefficient (Wildman–Crippen LogP) is 2.65. The van der Waals surface area contributed by atoms with Gasteiger partial charge in [0, 0.05) is 13.2 Å². The lowest BCUT2D eigenvalue weighted by Gasteiger charge is -2.10. The number of phenolic OH excluding ortho intramolecular Hbond substituents is 1. The number of hydrogen-bond acceptors (Lipinski definition) is 4. The van der Waals surface area contributed by atoms with Gasteiger partial charge in [-0.25, -0.2) is 4.98 Å². The Labute approximate surface area is 139 Å². The molecule has 0 unspecified atom stereocenters. The summed E-state index contributed by atoms with van der Waals surface area (Å²) < 4.78 is 1.58. The quantitative estimate of drug-likeness (QED) is 0.757. The lowest BCUT2D eigenvalue weighted by molar-refractivity contribution is 0.278. The van der Waals surface area contributed by atoms with Crippen LogP contribution >= 0.6 is 0 Å². The monoisotopic (exact) mass is 322 g/mol. The Morgan fingerprint density at radius 2 is 1.79 bits per heavy atom. The van der Waals surface area contributed by atoms with Crippen LogP contribution in [0.2, 0.25) is 0 Å². The van der Waals surface area contributed by atoms with Gasteiger partial charge in [-0.1, -0.05) is 30.3 Å². The van der Waals surface area contributed by atoms with E-state index in [-0.39, 0.29) is 17.9 Å². The molecule has 0 atom stereocenters. The van der Waals surface area contributed by atoms with Crippen LogP contribution in [0.4, 0.5) is 0 Å². The smallest absolute Gasteiger partial charge is 0.261 e. The second kappa shape index (κ2) is 7.10. The molecule has 3 rings (SSSR count). The molecule has 0 fully saturated rings. The maximum absolute atomic E-state index is 12.7. The number of rotatable bonds is 5. The Kier molecular flexibility index (Phi) is 4.72. The zero-order valence-corrected chi connectivity index (χ0v) is 13.1. The molecule has 0 radical (unpaired) electrons. The first-order valence-electron chi connectivity index (χ1n) is 7.76. The van der Waals surface area contributed by atoms with Gasteiger partial charge in [0.2, 0.25) is 0 Å². The first-order chi connectivity index (χ1) is 11.7. The van der Waals surface area contributed by atoms with Crippen LogP contribution in [0, 0.1) is 0 Å². The molecule has 1 aromatic heterocycles. The van der Waals surface area contributed by atoms with Gasteiger partial charge in [-0.15, -0.1) is 0 Å². The van der Waals surface area contributed by atoms with Crippen LogP contribution in [0.1, 0.15) is 17.8 Å². The third kappa shape index (κ3) is 3.36. The number of nitrogens with zero attached hydrogens (tertiary/aromatic N) is 2. The van der Waals surface area contributed by atoms with Gasteiger partial charge >= 0.3 is 0 Å². The number of hydrogen-bond donors (Lipinski definition) is 2. The van der Waals surface area contributed by atoms with E-state index in [0.717, 1.165) is 5.56 Å². The Bertz CT molecular complexity index is 927. The molecule has 0 aliphatic heterocycles. The van der Waals surface area contributed by atoms with E-state index in [9.17, 15) is 9.90 Å². The molecule has 1 heterocycles. The fourth-order valence-electron chi connectivity index (χ4n) is 2.51. The van der Waals surface area contributed by atoms with E-state index < -0.39 is 0 Å². The van der Waals surface area contributed by atoms with Crippen LogP contribution in [0.3, 0.4) is 0 Å². The molecule has 2 aromatic carbocycles. The number of para-hydroxylation sites is 1. The number of phenols is 1. The van der Waals surface area contributed by atoms with Crippen molar-refractivity contribution in [2.45, 2.75) is 13.0 Å².